The summed E-state index contributed by atoms with van der Waals surface area (Å²) in [6.07, 6.45) is 2.41. The molecule has 0 heterocycles. The lowest BCUT2D eigenvalue weighted by molar-refractivity contribution is 0.400. The van der Waals surface area contributed by atoms with Crippen LogP contribution in [0.25, 0.3) is 0 Å². The molecular formula is C13H22N2. The number of aryl methyl sites for hydroxylation is 1. The van der Waals surface area contributed by atoms with Crippen LogP contribution < -0.4 is 5.32 Å². The minimum absolute atomic E-state index is 0.956. The van der Waals surface area contributed by atoms with E-state index in [-0.39, 0.29) is 0 Å². The Kier molecular flexibility index (Phi) is 5.37. The quantitative estimate of drug-likeness (QED) is 0.765. The van der Waals surface area contributed by atoms with Crippen LogP contribution >= 0.6 is 0 Å². The van der Waals surface area contributed by atoms with Crippen LogP contribution in [-0.4, -0.2) is 32.6 Å². The van der Waals surface area contributed by atoms with Gasteiger partial charge in [0.05, 0.1) is 0 Å². The molecule has 0 saturated heterocycles. The summed E-state index contributed by atoms with van der Waals surface area (Å²) in [4.78, 5) is 2.23. The van der Waals surface area contributed by atoms with Crippen LogP contribution in [0.15, 0.2) is 24.3 Å². The lowest BCUT2D eigenvalue weighted by Crippen LogP contribution is -2.13. The van der Waals surface area contributed by atoms with E-state index in [2.05, 4.69) is 48.6 Å². The maximum atomic E-state index is 3.15. The Morgan fingerprint density at radius 2 is 1.67 bits per heavy atom. The van der Waals surface area contributed by atoms with Gasteiger partial charge in [0.25, 0.3) is 0 Å². The molecule has 0 spiro atoms. The van der Waals surface area contributed by atoms with Gasteiger partial charge in [-0.25, -0.2) is 0 Å². The van der Waals surface area contributed by atoms with Crippen molar-refractivity contribution in [1.82, 2.24) is 10.2 Å². The third kappa shape index (κ3) is 4.96. The van der Waals surface area contributed by atoms with Crippen LogP contribution in [0.1, 0.15) is 17.5 Å². The van der Waals surface area contributed by atoms with Crippen LogP contribution in [0.3, 0.4) is 0 Å². The van der Waals surface area contributed by atoms with Gasteiger partial charge in [-0.1, -0.05) is 24.3 Å². The maximum Gasteiger partial charge on any atom is 0.0202 e. The van der Waals surface area contributed by atoms with Crippen LogP contribution in [0.4, 0.5) is 0 Å². The summed E-state index contributed by atoms with van der Waals surface area (Å²) in [6.45, 7) is 2.12. The van der Waals surface area contributed by atoms with Crippen molar-refractivity contribution in [3.05, 3.63) is 35.4 Å². The van der Waals surface area contributed by atoms with Crippen molar-refractivity contribution in [3.63, 3.8) is 0 Å². The van der Waals surface area contributed by atoms with Gasteiger partial charge in [-0.15, -0.1) is 0 Å². The van der Waals surface area contributed by atoms with E-state index < -0.39 is 0 Å². The molecule has 0 amide bonds. The molecule has 0 aromatic heterocycles. The van der Waals surface area contributed by atoms with Crippen molar-refractivity contribution in [3.8, 4) is 0 Å². The normalized spacial score (nSPS) is 10.9. The van der Waals surface area contributed by atoms with Gasteiger partial charge in [0, 0.05) is 6.54 Å². The van der Waals surface area contributed by atoms with Crippen molar-refractivity contribution in [2.45, 2.75) is 19.4 Å². The summed E-state index contributed by atoms with van der Waals surface area (Å²) in [7, 11) is 6.22. The van der Waals surface area contributed by atoms with Crippen molar-refractivity contribution in [2.24, 2.45) is 0 Å². The molecule has 2 nitrogen and oxygen atoms in total. The summed E-state index contributed by atoms with van der Waals surface area (Å²) >= 11 is 0. The fraction of sp³-hybridized carbons (Fsp3) is 0.538. The summed E-state index contributed by atoms with van der Waals surface area (Å²) in [5.41, 5.74) is 2.80. The highest BCUT2D eigenvalue weighted by atomic mass is 15.0. The molecule has 1 rings (SSSR count). The highest BCUT2D eigenvalue weighted by Crippen LogP contribution is 2.06. The fourth-order valence-electron chi connectivity index (χ4n) is 1.63. The van der Waals surface area contributed by atoms with E-state index in [4.69, 9.17) is 0 Å². The van der Waals surface area contributed by atoms with Crippen LogP contribution in [-0.2, 0) is 13.0 Å². The van der Waals surface area contributed by atoms with Gasteiger partial charge >= 0.3 is 0 Å². The molecule has 2 heteroatoms. The average Bonchev–Trinajstić information content (AvgIpc) is 2.20. The van der Waals surface area contributed by atoms with Gasteiger partial charge in [-0.2, -0.15) is 0 Å². The molecule has 1 N–H and O–H groups in total. The highest BCUT2D eigenvalue weighted by molar-refractivity contribution is 5.22. The van der Waals surface area contributed by atoms with Crippen LogP contribution in [0, 0.1) is 0 Å². The number of hydrogen-bond donors (Lipinski definition) is 1. The van der Waals surface area contributed by atoms with E-state index in [1.165, 1.54) is 24.0 Å². The van der Waals surface area contributed by atoms with Crippen molar-refractivity contribution >= 4 is 0 Å². The predicted molar refractivity (Wildman–Crippen MR) is 66.1 cm³/mol. The Labute approximate surface area is 93.3 Å². The number of nitrogens with one attached hydrogen (secondary N) is 1. The van der Waals surface area contributed by atoms with Crippen molar-refractivity contribution in [1.29, 1.82) is 0 Å². The molecule has 0 saturated carbocycles. The first kappa shape index (κ1) is 12.2. The second-order valence-corrected chi connectivity index (χ2v) is 4.25. The van der Waals surface area contributed by atoms with Gasteiger partial charge in [-0.05, 0) is 51.7 Å². The third-order valence-corrected chi connectivity index (χ3v) is 2.47. The first-order valence-corrected chi connectivity index (χ1v) is 5.59. The molecule has 0 radical (unpaired) electrons. The molecule has 0 atom stereocenters. The Bertz CT molecular complexity index is 264. The standard InChI is InChI=1S/C13H22N2/c1-14-11-13-8-6-12(7-9-13)5-4-10-15(2)3/h6-9,14H,4-5,10-11H2,1-3H3. The van der Waals surface area contributed by atoms with Gasteiger partial charge in [0.1, 0.15) is 0 Å². The summed E-state index contributed by atoms with van der Waals surface area (Å²) in [6, 6.07) is 8.90. The van der Waals surface area contributed by atoms with Gasteiger partial charge in [0.2, 0.25) is 0 Å². The number of nitrogens with zero attached hydrogens (tertiary/aromatic N) is 1. The summed E-state index contributed by atoms with van der Waals surface area (Å²) < 4.78 is 0. The van der Waals surface area contributed by atoms with Gasteiger partial charge < -0.3 is 10.2 Å². The zero-order chi connectivity index (χ0) is 11.1. The van der Waals surface area contributed by atoms with Gasteiger partial charge in [-0.3, -0.25) is 0 Å². The topological polar surface area (TPSA) is 15.3 Å². The molecular weight excluding hydrogens is 184 g/mol. The Morgan fingerprint density at radius 1 is 1.07 bits per heavy atom. The molecule has 84 valence electrons. The van der Waals surface area contributed by atoms with Crippen LogP contribution in [0.2, 0.25) is 0 Å². The minimum Gasteiger partial charge on any atom is -0.316 e. The molecule has 1 aromatic rings. The first-order chi connectivity index (χ1) is 7.22. The second-order valence-electron chi connectivity index (χ2n) is 4.25. The summed E-state index contributed by atoms with van der Waals surface area (Å²) in [5, 5.41) is 3.15. The average molecular weight is 206 g/mol. The minimum atomic E-state index is 0.956. The lowest BCUT2D eigenvalue weighted by atomic mass is 10.1. The number of rotatable bonds is 6. The third-order valence-electron chi connectivity index (χ3n) is 2.47. The summed E-state index contributed by atoms with van der Waals surface area (Å²) in [5.74, 6) is 0. The fourth-order valence-corrected chi connectivity index (χ4v) is 1.63. The van der Waals surface area contributed by atoms with E-state index in [0.717, 1.165) is 13.1 Å². The smallest absolute Gasteiger partial charge is 0.0202 e. The zero-order valence-electron chi connectivity index (χ0n) is 10.1. The predicted octanol–water partition coefficient (Wildman–Crippen LogP) is 1.90. The molecule has 0 aliphatic heterocycles. The molecule has 0 fully saturated rings. The van der Waals surface area contributed by atoms with Crippen molar-refractivity contribution in [2.75, 3.05) is 27.7 Å². The SMILES string of the molecule is CNCc1ccc(CCCN(C)C)cc1. The molecule has 0 aliphatic carbocycles. The van der Waals surface area contributed by atoms with E-state index in [9.17, 15) is 0 Å². The largest absolute Gasteiger partial charge is 0.316 e. The zero-order valence-corrected chi connectivity index (χ0v) is 10.1. The Hall–Kier alpha value is -0.860. The van der Waals surface area contributed by atoms with E-state index >= 15 is 0 Å². The molecule has 15 heavy (non-hydrogen) atoms. The number of benzene rings is 1. The monoisotopic (exact) mass is 206 g/mol. The number of hydrogen-bond acceptors (Lipinski definition) is 2. The van der Waals surface area contributed by atoms with Gasteiger partial charge in [0.15, 0.2) is 0 Å². The van der Waals surface area contributed by atoms with Crippen molar-refractivity contribution < 1.29 is 0 Å². The highest BCUT2D eigenvalue weighted by Gasteiger charge is 1.95. The molecule has 0 unspecified atom stereocenters. The van der Waals surface area contributed by atoms with Crippen LogP contribution in [0.5, 0.6) is 0 Å². The first-order valence-electron chi connectivity index (χ1n) is 5.59. The lowest BCUT2D eigenvalue weighted by Gasteiger charge is -2.09. The maximum absolute atomic E-state index is 3.15. The van der Waals surface area contributed by atoms with E-state index in [1.54, 1.807) is 0 Å². The van der Waals surface area contributed by atoms with E-state index in [0.29, 0.717) is 0 Å². The Morgan fingerprint density at radius 3 is 2.20 bits per heavy atom. The van der Waals surface area contributed by atoms with E-state index in [1.807, 2.05) is 7.05 Å². The molecule has 0 aliphatic rings. The Balaban J connectivity index is 2.36. The second kappa shape index (κ2) is 6.59. The molecule has 0 bridgehead atoms. The molecule has 1 aromatic carbocycles.